The largest absolute Gasteiger partial charge is 0.302 e. The Morgan fingerprint density at radius 2 is 2.41 bits per heavy atom. The van der Waals surface area contributed by atoms with E-state index in [1.54, 1.807) is 11.6 Å². The number of hydrogen-bond donors (Lipinski definition) is 2. The first-order valence-electron chi connectivity index (χ1n) is 4.85. The summed E-state index contributed by atoms with van der Waals surface area (Å²) in [6, 6.07) is 0. The van der Waals surface area contributed by atoms with Crippen LogP contribution in [-0.4, -0.2) is 34.8 Å². The quantitative estimate of drug-likeness (QED) is 0.717. The highest BCUT2D eigenvalue weighted by Gasteiger charge is 2.38. The van der Waals surface area contributed by atoms with E-state index < -0.39 is 23.6 Å². The van der Waals surface area contributed by atoms with Crippen molar-refractivity contribution in [3.63, 3.8) is 0 Å². The Morgan fingerprint density at radius 3 is 2.94 bits per heavy atom. The average molecular weight is 254 g/mol. The minimum Gasteiger partial charge on any atom is -0.302 e. The van der Waals surface area contributed by atoms with Gasteiger partial charge in [0, 0.05) is 25.0 Å². The summed E-state index contributed by atoms with van der Waals surface area (Å²) in [6.07, 6.45) is 1.38. The fraction of sp³-hybridized carbons (Fsp3) is 0.333. The van der Waals surface area contributed by atoms with Crippen molar-refractivity contribution in [2.24, 2.45) is 5.92 Å². The Morgan fingerprint density at radius 1 is 1.65 bits per heavy atom. The minimum atomic E-state index is -0.944. The molecule has 2 rings (SSSR count). The van der Waals surface area contributed by atoms with Crippen LogP contribution < -0.4 is 10.7 Å². The van der Waals surface area contributed by atoms with Crippen molar-refractivity contribution in [3.05, 3.63) is 11.6 Å². The Bertz CT molecular complexity index is 459. The second kappa shape index (κ2) is 4.50. The highest BCUT2D eigenvalue weighted by atomic mass is 32.1. The second-order valence-corrected chi connectivity index (χ2v) is 4.41. The molecular formula is C9H10N4O3S. The van der Waals surface area contributed by atoms with Crippen LogP contribution in [0.3, 0.4) is 0 Å². The number of hydrogen-bond acceptors (Lipinski definition) is 5. The van der Waals surface area contributed by atoms with Crippen LogP contribution >= 0.6 is 11.3 Å². The third-order valence-corrected chi connectivity index (χ3v) is 2.98. The Labute approximate surface area is 101 Å². The molecule has 0 spiro atoms. The van der Waals surface area contributed by atoms with Gasteiger partial charge in [0.05, 0.1) is 0 Å². The molecule has 2 N–H and O–H groups in total. The van der Waals surface area contributed by atoms with Gasteiger partial charge in [-0.1, -0.05) is 0 Å². The number of amides is 3. The number of aromatic nitrogens is 1. The van der Waals surface area contributed by atoms with Crippen LogP contribution in [0.4, 0.5) is 5.13 Å². The molecule has 90 valence electrons. The fourth-order valence-corrected chi connectivity index (χ4v) is 2.01. The van der Waals surface area contributed by atoms with Gasteiger partial charge in [-0.3, -0.25) is 24.8 Å². The van der Waals surface area contributed by atoms with E-state index >= 15 is 0 Å². The average Bonchev–Trinajstić information content (AvgIpc) is 2.83. The molecule has 2 heterocycles. The summed E-state index contributed by atoms with van der Waals surface area (Å²) in [7, 11) is 1.44. The van der Waals surface area contributed by atoms with E-state index in [1.807, 2.05) is 0 Å². The third-order valence-electron chi connectivity index (χ3n) is 2.29. The van der Waals surface area contributed by atoms with Gasteiger partial charge in [-0.15, -0.1) is 11.3 Å². The van der Waals surface area contributed by atoms with E-state index in [1.165, 1.54) is 18.4 Å². The number of nitrogens with one attached hydrogen (secondary N) is 2. The predicted octanol–water partition coefficient (Wildman–Crippen LogP) is -0.409. The molecule has 1 fully saturated rings. The van der Waals surface area contributed by atoms with Crippen molar-refractivity contribution in [3.8, 4) is 0 Å². The van der Waals surface area contributed by atoms with Crippen LogP contribution in [0.25, 0.3) is 0 Å². The van der Waals surface area contributed by atoms with E-state index in [-0.39, 0.29) is 6.42 Å². The molecule has 0 aliphatic carbocycles. The van der Waals surface area contributed by atoms with Crippen molar-refractivity contribution in [1.82, 2.24) is 15.4 Å². The maximum Gasteiger partial charge on any atom is 0.253 e. The normalized spacial score (nSPS) is 19.4. The SMILES string of the molecule is CN1NC(=O)C(CC(=O)Nc2nccs2)C1=O. The molecule has 1 saturated heterocycles. The molecule has 0 radical (unpaired) electrons. The van der Waals surface area contributed by atoms with Crippen molar-refractivity contribution in [1.29, 1.82) is 0 Å². The standard InChI is InChI=1S/C9H10N4O3S/c1-13-8(16)5(7(15)12-13)4-6(14)11-9-10-2-3-17-9/h2-3,5H,4H2,1H3,(H,12,15)(H,10,11,14). The molecule has 1 atom stereocenters. The lowest BCUT2D eigenvalue weighted by molar-refractivity contribution is -0.134. The first-order chi connectivity index (χ1) is 8.08. The summed E-state index contributed by atoms with van der Waals surface area (Å²) >= 11 is 1.27. The highest BCUT2D eigenvalue weighted by molar-refractivity contribution is 7.13. The lowest BCUT2D eigenvalue weighted by Gasteiger charge is -2.06. The summed E-state index contributed by atoms with van der Waals surface area (Å²) in [5, 5.41) is 5.78. The molecule has 7 nitrogen and oxygen atoms in total. The monoisotopic (exact) mass is 254 g/mol. The molecule has 17 heavy (non-hydrogen) atoms. The summed E-state index contributed by atoms with van der Waals surface area (Å²) in [6.45, 7) is 0. The lowest BCUT2D eigenvalue weighted by Crippen LogP contribution is -2.31. The summed E-state index contributed by atoms with van der Waals surface area (Å²) in [5.74, 6) is -2.19. The van der Waals surface area contributed by atoms with Gasteiger partial charge < -0.3 is 5.32 Å². The van der Waals surface area contributed by atoms with Gasteiger partial charge in [0.25, 0.3) is 11.8 Å². The van der Waals surface area contributed by atoms with E-state index in [0.29, 0.717) is 5.13 Å². The molecule has 1 aliphatic rings. The van der Waals surface area contributed by atoms with Crippen LogP contribution in [0.5, 0.6) is 0 Å². The maximum absolute atomic E-state index is 11.6. The number of nitrogens with zero attached hydrogens (tertiary/aromatic N) is 2. The molecule has 1 aliphatic heterocycles. The number of carbonyl (C=O) groups excluding carboxylic acids is 3. The smallest absolute Gasteiger partial charge is 0.253 e. The van der Waals surface area contributed by atoms with E-state index in [0.717, 1.165) is 5.01 Å². The van der Waals surface area contributed by atoms with Gasteiger partial charge in [0.2, 0.25) is 5.91 Å². The fourth-order valence-electron chi connectivity index (χ4n) is 1.47. The van der Waals surface area contributed by atoms with Crippen LogP contribution in [0.1, 0.15) is 6.42 Å². The second-order valence-electron chi connectivity index (χ2n) is 3.52. The lowest BCUT2D eigenvalue weighted by atomic mass is 10.1. The first-order valence-corrected chi connectivity index (χ1v) is 5.73. The van der Waals surface area contributed by atoms with Crippen LogP contribution in [0.15, 0.2) is 11.6 Å². The van der Waals surface area contributed by atoms with Gasteiger partial charge in [-0.2, -0.15) is 0 Å². The molecule has 8 heteroatoms. The summed E-state index contributed by atoms with van der Waals surface area (Å²) < 4.78 is 0. The summed E-state index contributed by atoms with van der Waals surface area (Å²) in [4.78, 5) is 38.3. The topological polar surface area (TPSA) is 91.4 Å². The number of rotatable bonds is 3. The molecule has 3 amide bonds. The van der Waals surface area contributed by atoms with Crippen molar-refractivity contribution >= 4 is 34.2 Å². The number of hydrazine groups is 1. The zero-order valence-corrected chi connectivity index (χ0v) is 9.78. The molecule has 0 aromatic carbocycles. The van der Waals surface area contributed by atoms with E-state index in [9.17, 15) is 14.4 Å². The van der Waals surface area contributed by atoms with E-state index in [4.69, 9.17) is 0 Å². The Balaban J connectivity index is 1.95. The van der Waals surface area contributed by atoms with Gasteiger partial charge in [-0.25, -0.2) is 4.98 Å². The Kier molecular flexibility index (Phi) is 3.05. The van der Waals surface area contributed by atoms with Crippen LogP contribution in [0.2, 0.25) is 0 Å². The molecule has 0 saturated carbocycles. The third kappa shape index (κ3) is 2.41. The Hall–Kier alpha value is -1.96. The van der Waals surface area contributed by atoms with Gasteiger partial charge >= 0.3 is 0 Å². The zero-order valence-electron chi connectivity index (χ0n) is 8.97. The number of anilines is 1. The zero-order chi connectivity index (χ0) is 12.4. The van der Waals surface area contributed by atoms with Crippen molar-refractivity contribution in [2.45, 2.75) is 6.42 Å². The van der Waals surface area contributed by atoms with E-state index in [2.05, 4.69) is 15.7 Å². The molecule has 1 unspecified atom stereocenters. The van der Waals surface area contributed by atoms with Gasteiger partial charge in [0.1, 0.15) is 5.92 Å². The summed E-state index contributed by atoms with van der Waals surface area (Å²) in [5.41, 5.74) is 2.33. The minimum absolute atomic E-state index is 0.172. The highest BCUT2D eigenvalue weighted by Crippen LogP contribution is 2.16. The van der Waals surface area contributed by atoms with Crippen molar-refractivity contribution < 1.29 is 14.4 Å². The maximum atomic E-state index is 11.6. The molecule has 1 aromatic heterocycles. The van der Waals surface area contributed by atoms with Crippen molar-refractivity contribution in [2.75, 3.05) is 12.4 Å². The predicted molar refractivity (Wildman–Crippen MR) is 59.8 cm³/mol. The van der Waals surface area contributed by atoms with Crippen LogP contribution in [0, 0.1) is 5.92 Å². The number of thiazole rings is 1. The molecule has 1 aromatic rings. The number of carbonyl (C=O) groups is 3. The van der Waals surface area contributed by atoms with Gasteiger partial charge in [0.15, 0.2) is 5.13 Å². The molecule has 0 bridgehead atoms. The molecular weight excluding hydrogens is 244 g/mol. The van der Waals surface area contributed by atoms with Gasteiger partial charge in [-0.05, 0) is 0 Å². The van der Waals surface area contributed by atoms with Crippen LogP contribution in [-0.2, 0) is 14.4 Å². The first kappa shape index (κ1) is 11.5.